The molecule has 0 aromatic carbocycles. The largest absolute Gasteiger partial charge is 0.469 e. The second kappa shape index (κ2) is 7.69. The van der Waals surface area contributed by atoms with Gasteiger partial charge in [0.2, 0.25) is 11.8 Å². The summed E-state index contributed by atoms with van der Waals surface area (Å²) in [6, 6.07) is 1.75. The Morgan fingerprint density at radius 3 is 2.61 bits per heavy atom. The van der Waals surface area contributed by atoms with Crippen molar-refractivity contribution < 1.29 is 22.6 Å². The van der Waals surface area contributed by atoms with E-state index >= 15 is 0 Å². The molecule has 2 fully saturated rings. The van der Waals surface area contributed by atoms with Crippen molar-refractivity contribution in [1.29, 1.82) is 0 Å². The SMILES string of the molecule is Cc1cn(-c2nc(CC3CCC(F)(F)CC3)cc(OC3COC3)n2)nc1CF. The number of nitrogens with zero attached hydrogens (tertiary/aromatic N) is 4. The Labute approximate surface area is 161 Å². The zero-order valence-corrected chi connectivity index (χ0v) is 15.7. The van der Waals surface area contributed by atoms with Crippen LogP contribution in [0.5, 0.6) is 5.88 Å². The van der Waals surface area contributed by atoms with Gasteiger partial charge in [-0.1, -0.05) is 0 Å². The molecule has 152 valence electrons. The van der Waals surface area contributed by atoms with Gasteiger partial charge in [-0.05, 0) is 37.7 Å². The number of alkyl halides is 3. The van der Waals surface area contributed by atoms with Gasteiger partial charge in [-0.2, -0.15) is 10.1 Å². The van der Waals surface area contributed by atoms with E-state index in [0.717, 1.165) is 0 Å². The van der Waals surface area contributed by atoms with Crippen LogP contribution in [0.15, 0.2) is 12.3 Å². The van der Waals surface area contributed by atoms with E-state index in [2.05, 4.69) is 15.1 Å². The summed E-state index contributed by atoms with van der Waals surface area (Å²) in [6.07, 6.45) is 2.93. The number of ether oxygens (including phenoxy) is 2. The van der Waals surface area contributed by atoms with E-state index in [9.17, 15) is 13.2 Å². The second-order valence-corrected chi connectivity index (χ2v) is 7.62. The minimum Gasteiger partial charge on any atom is -0.469 e. The topological polar surface area (TPSA) is 62.1 Å². The van der Waals surface area contributed by atoms with Crippen molar-refractivity contribution in [3.63, 3.8) is 0 Å². The maximum Gasteiger partial charge on any atom is 0.254 e. The predicted octanol–water partition coefficient (Wildman–Crippen LogP) is 3.59. The van der Waals surface area contributed by atoms with E-state index in [1.807, 2.05) is 0 Å². The number of rotatable bonds is 6. The molecule has 1 saturated heterocycles. The molecule has 2 aromatic rings. The smallest absolute Gasteiger partial charge is 0.254 e. The fourth-order valence-corrected chi connectivity index (χ4v) is 3.51. The summed E-state index contributed by atoms with van der Waals surface area (Å²) in [5.74, 6) is -1.73. The molecule has 0 spiro atoms. The van der Waals surface area contributed by atoms with E-state index in [-0.39, 0.29) is 30.8 Å². The van der Waals surface area contributed by atoms with Crippen molar-refractivity contribution >= 4 is 0 Å². The first-order chi connectivity index (χ1) is 13.4. The molecule has 0 radical (unpaired) electrons. The molecule has 0 unspecified atom stereocenters. The van der Waals surface area contributed by atoms with Crippen molar-refractivity contribution in [3.05, 3.63) is 29.2 Å². The molecule has 0 bridgehead atoms. The van der Waals surface area contributed by atoms with Crippen molar-refractivity contribution in [2.24, 2.45) is 5.92 Å². The van der Waals surface area contributed by atoms with Crippen molar-refractivity contribution in [1.82, 2.24) is 19.7 Å². The van der Waals surface area contributed by atoms with Crippen molar-refractivity contribution in [2.75, 3.05) is 13.2 Å². The Morgan fingerprint density at radius 1 is 1.25 bits per heavy atom. The minimum atomic E-state index is -2.55. The van der Waals surface area contributed by atoms with Gasteiger partial charge in [0.1, 0.15) is 12.8 Å². The number of aryl methyl sites for hydroxylation is 1. The van der Waals surface area contributed by atoms with E-state index < -0.39 is 12.6 Å². The molecule has 0 atom stereocenters. The summed E-state index contributed by atoms with van der Waals surface area (Å²) in [4.78, 5) is 8.94. The zero-order chi connectivity index (χ0) is 19.7. The van der Waals surface area contributed by atoms with E-state index in [1.165, 1.54) is 4.68 Å². The third kappa shape index (κ3) is 4.29. The Balaban J connectivity index is 1.58. The molecule has 9 heteroatoms. The number of hydrogen-bond acceptors (Lipinski definition) is 5. The Kier molecular flexibility index (Phi) is 5.27. The highest BCUT2D eigenvalue weighted by molar-refractivity contribution is 5.26. The van der Waals surface area contributed by atoms with Gasteiger partial charge in [-0.15, -0.1) is 0 Å². The van der Waals surface area contributed by atoms with E-state index in [1.54, 1.807) is 19.2 Å². The molecular formula is C19H23F3N4O2. The molecule has 4 rings (SSSR count). The molecule has 0 N–H and O–H groups in total. The highest BCUT2D eigenvalue weighted by Gasteiger charge is 2.35. The fourth-order valence-electron chi connectivity index (χ4n) is 3.51. The van der Waals surface area contributed by atoms with Crippen LogP contribution in [0.3, 0.4) is 0 Å². The quantitative estimate of drug-likeness (QED) is 0.747. The average molecular weight is 396 g/mol. The summed E-state index contributed by atoms with van der Waals surface area (Å²) in [7, 11) is 0. The lowest BCUT2D eigenvalue weighted by molar-refractivity contribution is -0.0814. The highest BCUT2D eigenvalue weighted by atomic mass is 19.3. The van der Waals surface area contributed by atoms with Gasteiger partial charge in [0.15, 0.2) is 0 Å². The first-order valence-corrected chi connectivity index (χ1v) is 9.53. The third-order valence-corrected chi connectivity index (χ3v) is 5.30. The summed E-state index contributed by atoms with van der Waals surface area (Å²) in [5, 5.41) is 4.20. The molecule has 6 nitrogen and oxygen atoms in total. The van der Waals surface area contributed by atoms with Gasteiger partial charge in [-0.25, -0.2) is 22.8 Å². The Morgan fingerprint density at radius 2 is 2.00 bits per heavy atom. The lowest BCUT2D eigenvalue weighted by atomic mass is 9.84. The normalized spacial score (nSPS) is 20.1. The lowest BCUT2D eigenvalue weighted by Gasteiger charge is -2.28. The standard InChI is InChI=1S/C19H23F3N4O2/c1-12-9-26(25-16(12)8-20)18-23-14(6-13-2-4-19(21,22)5-3-13)7-17(24-18)28-15-10-27-11-15/h7,9,13,15H,2-6,8,10-11H2,1H3. The van der Waals surface area contributed by atoms with Crippen LogP contribution in [0.4, 0.5) is 13.2 Å². The number of halogens is 3. The van der Waals surface area contributed by atoms with Crippen molar-refractivity contribution in [2.45, 2.75) is 57.7 Å². The van der Waals surface area contributed by atoms with Gasteiger partial charge < -0.3 is 9.47 Å². The molecule has 28 heavy (non-hydrogen) atoms. The lowest BCUT2D eigenvalue weighted by Crippen LogP contribution is -2.38. The Bertz CT molecular complexity index is 829. The minimum absolute atomic E-state index is 0.0651. The van der Waals surface area contributed by atoms with E-state index in [4.69, 9.17) is 9.47 Å². The van der Waals surface area contributed by atoms with Gasteiger partial charge >= 0.3 is 0 Å². The van der Waals surface area contributed by atoms with Crippen LogP contribution in [-0.4, -0.2) is 45.0 Å². The molecule has 2 aromatic heterocycles. The molecule has 1 saturated carbocycles. The van der Waals surface area contributed by atoms with Crippen LogP contribution in [0.1, 0.15) is 42.6 Å². The summed E-state index contributed by atoms with van der Waals surface area (Å²) in [6.45, 7) is 2.10. The van der Waals surface area contributed by atoms with Crippen LogP contribution in [0.2, 0.25) is 0 Å². The van der Waals surface area contributed by atoms with Crippen LogP contribution in [0, 0.1) is 12.8 Å². The summed E-state index contributed by atoms with van der Waals surface area (Å²) in [5.41, 5.74) is 1.75. The maximum atomic E-state index is 13.4. The summed E-state index contributed by atoms with van der Waals surface area (Å²) < 4.78 is 52.3. The number of aromatic nitrogens is 4. The first-order valence-electron chi connectivity index (χ1n) is 9.53. The Hall–Kier alpha value is -2.16. The third-order valence-electron chi connectivity index (χ3n) is 5.30. The van der Waals surface area contributed by atoms with Gasteiger partial charge in [0.25, 0.3) is 5.95 Å². The fraction of sp³-hybridized carbons (Fsp3) is 0.632. The summed E-state index contributed by atoms with van der Waals surface area (Å²) >= 11 is 0. The molecule has 3 heterocycles. The molecular weight excluding hydrogens is 373 g/mol. The van der Waals surface area contributed by atoms with Crippen molar-refractivity contribution in [3.8, 4) is 11.8 Å². The van der Waals surface area contributed by atoms with Crippen LogP contribution >= 0.6 is 0 Å². The van der Waals surface area contributed by atoms with Gasteiger partial charge in [0, 0.05) is 25.1 Å². The van der Waals surface area contributed by atoms with Crippen LogP contribution in [-0.2, 0) is 17.8 Å². The van der Waals surface area contributed by atoms with Gasteiger partial charge in [-0.3, -0.25) is 0 Å². The maximum absolute atomic E-state index is 13.4. The zero-order valence-electron chi connectivity index (χ0n) is 15.7. The molecule has 2 aliphatic rings. The van der Waals surface area contributed by atoms with Crippen LogP contribution in [0.25, 0.3) is 5.95 Å². The molecule has 1 aliphatic carbocycles. The predicted molar refractivity (Wildman–Crippen MR) is 94.5 cm³/mol. The molecule has 1 aliphatic heterocycles. The van der Waals surface area contributed by atoms with E-state index in [0.29, 0.717) is 55.3 Å². The monoisotopic (exact) mass is 396 g/mol. The van der Waals surface area contributed by atoms with Gasteiger partial charge in [0.05, 0.1) is 24.6 Å². The highest BCUT2D eigenvalue weighted by Crippen LogP contribution is 2.37. The van der Waals surface area contributed by atoms with Crippen LogP contribution < -0.4 is 4.74 Å². The number of hydrogen-bond donors (Lipinski definition) is 0. The molecule has 0 amide bonds. The second-order valence-electron chi connectivity index (χ2n) is 7.62. The first kappa shape index (κ1) is 19.2. The average Bonchev–Trinajstić information content (AvgIpc) is 3.01.